The number of amides is 1. The van der Waals surface area contributed by atoms with Gasteiger partial charge in [-0.3, -0.25) is 4.79 Å². The van der Waals surface area contributed by atoms with E-state index in [0.29, 0.717) is 13.0 Å². The molecule has 15 heavy (non-hydrogen) atoms. The van der Waals surface area contributed by atoms with Gasteiger partial charge in [-0.2, -0.15) is 5.10 Å². The first-order chi connectivity index (χ1) is 7.15. The molecule has 0 fully saturated rings. The third-order valence-corrected chi connectivity index (χ3v) is 2.23. The predicted molar refractivity (Wildman–Crippen MR) is 54.7 cm³/mol. The van der Waals surface area contributed by atoms with E-state index < -0.39 is 0 Å². The van der Waals surface area contributed by atoms with Crippen molar-refractivity contribution in [1.82, 2.24) is 5.01 Å². The summed E-state index contributed by atoms with van der Waals surface area (Å²) in [6.07, 6.45) is 0.390. The van der Waals surface area contributed by atoms with Crippen LogP contribution in [-0.4, -0.2) is 16.6 Å². The molecule has 3 nitrogen and oxygen atoms in total. The summed E-state index contributed by atoms with van der Waals surface area (Å²) in [5, 5.41) is 5.51. The molecule has 0 aliphatic carbocycles. The molecule has 0 atom stereocenters. The molecular formula is C11H11FN2O. The van der Waals surface area contributed by atoms with E-state index in [-0.39, 0.29) is 11.7 Å². The zero-order valence-electron chi connectivity index (χ0n) is 8.40. The molecule has 0 unspecified atom stereocenters. The molecular weight excluding hydrogens is 195 g/mol. The maximum atomic E-state index is 12.6. The van der Waals surface area contributed by atoms with E-state index in [9.17, 15) is 9.18 Å². The summed E-state index contributed by atoms with van der Waals surface area (Å²) >= 11 is 0. The molecule has 4 heteroatoms. The quantitative estimate of drug-likeness (QED) is 0.727. The Kier molecular flexibility index (Phi) is 2.49. The topological polar surface area (TPSA) is 32.7 Å². The minimum absolute atomic E-state index is 0.00294. The van der Waals surface area contributed by atoms with Crippen LogP contribution in [0.1, 0.15) is 18.9 Å². The van der Waals surface area contributed by atoms with Crippen LogP contribution in [0.3, 0.4) is 0 Å². The van der Waals surface area contributed by atoms with Gasteiger partial charge in [-0.25, -0.2) is 9.40 Å². The van der Waals surface area contributed by atoms with Crippen molar-refractivity contribution in [3.63, 3.8) is 0 Å². The smallest absolute Gasteiger partial charge is 0.248 e. The number of hydrogen-bond donors (Lipinski definition) is 0. The van der Waals surface area contributed by atoms with Crippen LogP contribution in [0.4, 0.5) is 4.39 Å². The third kappa shape index (κ3) is 2.21. The van der Waals surface area contributed by atoms with Gasteiger partial charge in [0.1, 0.15) is 5.82 Å². The summed E-state index contributed by atoms with van der Waals surface area (Å²) in [4.78, 5) is 11.4. The number of carbonyl (C=O) groups excluding carboxylic acids is 1. The van der Waals surface area contributed by atoms with E-state index in [1.54, 1.807) is 12.1 Å². The number of carbonyl (C=O) groups is 1. The van der Waals surface area contributed by atoms with Crippen molar-refractivity contribution in [1.29, 1.82) is 0 Å². The number of benzene rings is 1. The SMILES string of the molecule is CC1=NN(Cc2ccc(F)cc2)C(=O)C1. The fourth-order valence-corrected chi connectivity index (χ4v) is 1.49. The normalized spacial score (nSPS) is 15.7. The molecule has 0 bridgehead atoms. The Labute approximate surface area is 87.2 Å². The third-order valence-electron chi connectivity index (χ3n) is 2.23. The standard InChI is InChI=1S/C11H11FN2O/c1-8-6-11(15)14(13-8)7-9-2-4-10(12)5-3-9/h2-5H,6-7H2,1H3. The number of nitrogens with zero attached hydrogens (tertiary/aromatic N) is 2. The van der Waals surface area contributed by atoms with Crippen molar-refractivity contribution in [2.45, 2.75) is 19.9 Å². The Morgan fingerprint density at radius 2 is 2.07 bits per heavy atom. The summed E-state index contributed by atoms with van der Waals surface area (Å²) in [6, 6.07) is 6.08. The van der Waals surface area contributed by atoms with Crippen molar-refractivity contribution < 1.29 is 9.18 Å². The lowest BCUT2D eigenvalue weighted by molar-refractivity contribution is -0.129. The molecule has 0 radical (unpaired) electrons. The van der Waals surface area contributed by atoms with E-state index in [4.69, 9.17) is 0 Å². The monoisotopic (exact) mass is 206 g/mol. The molecule has 0 saturated heterocycles. The van der Waals surface area contributed by atoms with E-state index >= 15 is 0 Å². The molecule has 1 amide bonds. The van der Waals surface area contributed by atoms with E-state index in [2.05, 4.69) is 5.10 Å². The number of rotatable bonds is 2. The molecule has 0 aromatic heterocycles. The van der Waals surface area contributed by atoms with Gasteiger partial charge in [0.2, 0.25) is 5.91 Å². The fourth-order valence-electron chi connectivity index (χ4n) is 1.49. The molecule has 1 aromatic rings. The van der Waals surface area contributed by atoms with Crippen LogP contribution < -0.4 is 0 Å². The zero-order chi connectivity index (χ0) is 10.8. The van der Waals surface area contributed by atoms with Crippen molar-refractivity contribution in [2.24, 2.45) is 5.10 Å². The van der Waals surface area contributed by atoms with Crippen LogP contribution in [-0.2, 0) is 11.3 Å². The van der Waals surface area contributed by atoms with Crippen LogP contribution in [0.5, 0.6) is 0 Å². The van der Waals surface area contributed by atoms with Gasteiger partial charge in [0.05, 0.1) is 13.0 Å². The van der Waals surface area contributed by atoms with E-state index in [1.165, 1.54) is 17.1 Å². The van der Waals surface area contributed by atoms with Crippen LogP contribution in [0, 0.1) is 5.82 Å². The second kappa shape index (κ2) is 3.81. The molecule has 2 rings (SSSR count). The van der Waals surface area contributed by atoms with Crippen LogP contribution in [0.15, 0.2) is 29.4 Å². The van der Waals surface area contributed by atoms with E-state index in [0.717, 1.165) is 11.3 Å². The van der Waals surface area contributed by atoms with Gasteiger partial charge in [-0.15, -0.1) is 0 Å². The number of hydrogen-bond acceptors (Lipinski definition) is 2. The number of hydrazone groups is 1. The predicted octanol–water partition coefficient (Wildman–Crippen LogP) is 1.93. The van der Waals surface area contributed by atoms with Gasteiger partial charge in [-0.1, -0.05) is 12.1 Å². The van der Waals surface area contributed by atoms with Crippen LogP contribution in [0.25, 0.3) is 0 Å². The van der Waals surface area contributed by atoms with Gasteiger partial charge >= 0.3 is 0 Å². The highest BCUT2D eigenvalue weighted by molar-refractivity contribution is 6.03. The van der Waals surface area contributed by atoms with Crippen LogP contribution >= 0.6 is 0 Å². The Balaban J connectivity index is 2.09. The summed E-state index contributed by atoms with van der Waals surface area (Å²) in [5.74, 6) is -0.275. The van der Waals surface area contributed by atoms with Crippen molar-refractivity contribution >= 4 is 11.6 Å². The van der Waals surface area contributed by atoms with Crippen LogP contribution in [0.2, 0.25) is 0 Å². The lowest BCUT2D eigenvalue weighted by Crippen LogP contribution is -2.19. The lowest BCUT2D eigenvalue weighted by atomic mass is 10.2. The highest BCUT2D eigenvalue weighted by Crippen LogP contribution is 2.13. The van der Waals surface area contributed by atoms with Crippen molar-refractivity contribution in [3.8, 4) is 0 Å². The molecule has 0 spiro atoms. The highest BCUT2D eigenvalue weighted by atomic mass is 19.1. The summed E-state index contributed by atoms with van der Waals surface area (Å²) in [5.41, 5.74) is 1.70. The average molecular weight is 206 g/mol. The average Bonchev–Trinajstić information content (AvgIpc) is 2.49. The molecule has 1 aromatic carbocycles. The van der Waals surface area contributed by atoms with Crippen molar-refractivity contribution in [3.05, 3.63) is 35.6 Å². The molecule has 0 N–H and O–H groups in total. The van der Waals surface area contributed by atoms with Gasteiger partial charge < -0.3 is 0 Å². The summed E-state index contributed by atoms with van der Waals surface area (Å²) in [7, 11) is 0. The van der Waals surface area contributed by atoms with Gasteiger partial charge in [-0.05, 0) is 24.6 Å². The first kappa shape index (κ1) is 9.83. The van der Waals surface area contributed by atoms with Gasteiger partial charge in [0.25, 0.3) is 0 Å². The zero-order valence-corrected chi connectivity index (χ0v) is 8.40. The molecule has 1 heterocycles. The second-order valence-electron chi connectivity index (χ2n) is 3.59. The van der Waals surface area contributed by atoms with Gasteiger partial charge in [0.15, 0.2) is 0 Å². The highest BCUT2D eigenvalue weighted by Gasteiger charge is 2.20. The Morgan fingerprint density at radius 3 is 2.60 bits per heavy atom. The van der Waals surface area contributed by atoms with Crippen molar-refractivity contribution in [2.75, 3.05) is 0 Å². The molecule has 1 aliphatic rings. The van der Waals surface area contributed by atoms with Gasteiger partial charge in [0, 0.05) is 5.71 Å². The number of halogens is 1. The fraction of sp³-hybridized carbons (Fsp3) is 0.273. The lowest BCUT2D eigenvalue weighted by Gasteiger charge is -2.11. The first-order valence-electron chi connectivity index (χ1n) is 4.74. The maximum Gasteiger partial charge on any atom is 0.248 e. The molecule has 1 aliphatic heterocycles. The first-order valence-corrected chi connectivity index (χ1v) is 4.74. The maximum absolute atomic E-state index is 12.6. The Bertz CT molecular complexity index is 411. The summed E-state index contributed by atoms with van der Waals surface area (Å²) < 4.78 is 12.6. The Morgan fingerprint density at radius 1 is 1.40 bits per heavy atom. The largest absolute Gasteiger partial charge is 0.273 e. The minimum atomic E-state index is -0.272. The molecule has 78 valence electrons. The van der Waals surface area contributed by atoms with E-state index in [1.807, 2.05) is 6.92 Å². The summed E-state index contributed by atoms with van der Waals surface area (Å²) in [6.45, 7) is 2.24. The molecule has 0 saturated carbocycles. The second-order valence-corrected chi connectivity index (χ2v) is 3.59. The minimum Gasteiger partial charge on any atom is -0.273 e. The Hall–Kier alpha value is -1.71.